The molecule has 0 spiro atoms. The summed E-state index contributed by atoms with van der Waals surface area (Å²) in [7, 11) is -2.60. The highest BCUT2D eigenvalue weighted by Crippen LogP contribution is 2.27. The smallest absolute Gasteiger partial charge is 0.264 e. The van der Waals surface area contributed by atoms with Crippen LogP contribution in [0.4, 0.5) is 5.69 Å². The Morgan fingerprint density at radius 1 is 0.804 bits per heavy atom. The van der Waals surface area contributed by atoms with Crippen molar-refractivity contribution in [2.45, 2.75) is 51.6 Å². The van der Waals surface area contributed by atoms with Crippen molar-refractivity contribution in [2.24, 2.45) is 5.92 Å². The number of nitrogens with one attached hydrogen (secondary N) is 1. The molecular weight excluding hydrogens is 598 g/mol. The van der Waals surface area contributed by atoms with Crippen molar-refractivity contribution in [1.82, 2.24) is 10.2 Å². The van der Waals surface area contributed by atoms with Crippen molar-refractivity contribution in [3.63, 3.8) is 0 Å². The van der Waals surface area contributed by atoms with E-state index in [4.69, 9.17) is 4.74 Å². The second kappa shape index (κ2) is 15.6. The molecule has 0 aliphatic heterocycles. The molecule has 8 nitrogen and oxygen atoms in total. The van der Waals surface area contributed by atoms with Gasteiger partial charge in [-0.2, -0.15) is 0 Å². The van der Waals surface area contributed by atoms with Crippen LogP contribution in [0.5, 0.6) is 5.75 Å². The lowest BCUT2D eigenvalue weighted by molar-refractivity contribution is -0.140. The van der Waals surface area contributed by atoms with Crippen LogP contribution in [0.1, 0.15) is 36.1 Å². The number of methoxy groups -OCH3 is 1. The van der Waals surface area contributed by atoms with Gasteiger partial charge in [-0.15, -0.1) is 0 Å². The second-order valence-electron chi connectivity index (χ2n) is 11.9. The van der Waals surface area contributed by atoms with E-state index in [1.165, 1.54) is 17.0 Å². The Kier molecular flexibility index (Phi) is 11.6. The molecular formula is C37H43N3O5S. The van der Waals surface area contributed by atoms with Crippen LogP contribution in [-0.4, -0.2) is 51.4 Å². The highest BCUT2D eigenvalue weighted by Gasteiger charge is 2.34. The predicted octanol–water partition coefficient (Wildman–Crippen LogP) is 5.92. The lowest BCUT2D eigenvalue weighted by Crippen LogP contribution is -2.53. The highest BCUT2D eigenvalue weighted by molar-refractivity contribution is 7.92. The summed E-state index contributed by atoms with van der Waals surface area (Å²) in [4.78, 5) is 30.1. The molecule has 0 radical (unpaired) electrons. The number of hydrogen-bond acceptors (Lipinski definition) is 5. The zero-order chi connectivity index (χ0) is 33.3. The summed E-state index contributed by atoms with van der Waals surface area (Å²) < 4.78 is 35.0. The number of aryl methyl sites for hydroxylation is 2. The first-order chi connectivity index (χ1) is 22.0. The van der Waals surface area contributed by atoms with Gasteiger partial charge in [0.2, 0.25) is 11.8 Å². The minimum Gasteiger partial charge on any atom is -0.497 e. The lowest BCUT2D eigenvalue weighted by Gasteiger charge is -2.34. The molecule has 0 saturated heterocycles. The van der Waals surface area contributed by atoms with E-state index >= 15 is 0 Å². The minimum atomic E-state index is -4.16. The maximum absolute atomic E-state index is 14.6. The molecule has 46 heavy (non-hydrogen) atoms. The van der Waals surface area contributed by atoms with Crippen LogP contribution in [0, 0.1) is 19.8 Å². The molecule has 0 unspecified atom stereocenters. The highest BCUT2D eigenvalue weighted by atomic mass is 32.2. The number of anilines is 1. The van der Waals surface area contributed by atoms with Crippen molar-refractivity contribution in [2.75, 3.05) is 24.5 Å². The molecule has 0 fully saturated rings. The summed E-state index contributed by atoms with van der Waals surface area (Å²) in [5, 5.41) is 3.01. The topological polar surface area (TPSA) is 96.0 Å². The maximum Gasteiger partial charge on any atom is 0.264 e. The van der Waals surface area contributed by atoms with Crippen LogP contribution in [0.25, 0.3) is 0 Å². The fourth-order valence-corrected chi connectivity index (χ4v) is 6.71. The van der Waals surface area contributed by atoms with Crippen LogP contribution in [-0.2, 0) is 32.6 Å². The second-order valence-corrected chi connectivity index (χ2v) is 13.8. The van der Waals surface area contributed by atoms with E-state index in [0.29, 0.717) is 18.0 Å². The number of nitrogens with zero attached hydrogens (tertiary/aromatic N) is 2. The van der Waals surface area contributed by atoms with Gasteiger partial charge < -0.3 is 15.0 Å². The molecule has 2 amide bonds. The number of benzene rings is 4. The quantitative estimate of drug-likeness (QED) is 0.185. The van der Waals surface area contributed by atoms with Crippen molar-refractivity contribution in [1.29, 1.82) is 0 Å². The number of sulfonamides is 1. The van der Waals surface area contributed by atoms with Crippen LogP contribution < -0.4 is 14.4 Å². The summed E-state index contributed by atoms with van der Waals surface area (Å²) in [5.41, 5.74) is 3.71. The fourth-order valence-electron chi connectivity index (χ4n) is 5.29. The van der Waals surface area contributed by atoms with Gasteiger partial charge in [0, 0.05) is 19.5 Å². The van der Waals surface area contributed by atoms with Crippen LogP contribution in [0.15, 0.2) is 108 Å². The van der Waals surface area contributed by atoms with Gasteiger partial charge in [0.05, 0.1) is 17.7 Å². The van der Waals surface area contributed by atoms with Crippen molar-refractivity contribution in [3.05, 3.63) is 125 Å². The first kappa shape index (κ1) is 34.2. The van der Waals surface area contributed by atoms with Crippen molar-refractivity contribution in [3.8, 4) is 5.75 Å². The third-order valence-electron chi connectivity index (χ3n) is 7.55. The summed E-state index contributed by atoms with van der Waals surface area (Å²) >= 11 is 0. The molecule has 0 aromatic heterocycles. The largest absolute Gasteiger partial charge is 0.497 e. The molecule has 1 atom stereocenters. The molecule has 0 aliphatic carbocycles. The molecule has 9 heteroatoms. The number of hydrogen-bond donors (Lipinski definition) is 1. The average Bonchev–Trinajstić information content (AvgIpc) is 3.04. The number of rotatable bonds is 14. The molecule has 0 bridgehead atoms. The van der Waals surface area contributed by atoms with E-state index in [1.807, 2.05) is 82.3 Å². The molecule has 4 aromatic carbocycles. The van der Waals surface area contributed by atoms with Gasteiger partial charge in [-0.25, -0.2) is 8.42 Å². The van der Waals surface area contributed by atoms with Crippen LogP contribution >= 0.6 is 0 Å². The van der Waals surface area contributed by atoms with E-state index in [-0.39, 0.29) is 29.7 Å². The molecule has 0 heterocycles. The maximum atomic E-state index is 14.6. The first-order valence-corrected chi connectivity index (χ1v) is 16.8. The van der Waals surface area contributed by atoms with E-state index in [1.54, 1.807) is 43.5 Å². The van der Waals surface area contributed by atoms with E-state index in [9.17, 15) is 18.0 Å². The third-order valence-corrected chi connectivity index (χ3v) is 9.34. The van der Waals surface area contributed by atoms with Crippen LogP contribution in [0.2, 0.25) is 0 Å². The Morgan fingerprint density at radius 2 is 1.41 bits per heavy atom. The summed E-state index contributed by atoms with van der Waals surface area (Å²) in [6.07, 6.45) is 0.246. The number of carbonyl (C=O) groups is 2. The Labute approximate surface area is 273 Å². The normalized spacial score (nSPS) is 12.0. The van der Waals surface area contributed by atoms with Crippen molar-refractivity contribution < 1.29 is 22.7 Å². The molecule has 1 N–H and O–H groups in total. The Bertz CT molecular complexity index is 1710. The summed E-state index contributed by atoms with van der Waals surface area (Å²) in [6.45, 7) is 7.76. The Hall–Kier alpha value is -4.63. The SMILES string of the molecule is COc1cccc(CN(C(=O)CN(c2cc(C)cc(C)c2)S(=O)(=O)c2ccccc2)[C@@H](Cc2ccccc2)C(=O)NCC(C)C)c1. The number of amides is 2. The summed E-state index contributed by atoms with van der Waals surface area (Å²) in [6, 6.07) is 29.4. The Morgan fingerprint density at radius 3 is 2.02 bits per heavy atom. The zero-order valence-electron chi connectivity index (χ0n) is 27.1. The number of ether oxygens (including phenoxy) is 1. The van der Waals surface area contributed by atoms with Gasteiger partial charge in [0.1, 0.15) is 18.3 Å². The monoisotopic (exact) mass is 641 g/mol. The van der Waals surface area contributed by atoms with Gasteiger partial charge in [-0.3, -0.25) is 13.9 Å². The third kappa shape index (κ3) is 8.97. The van der Waals surface area contributed by atoms with E-state index < -0.39 is 28.5 Å². The van der Waals surface area contributed by atoms with Gasteiger partial charge >= 0.3 is 0 Å². The van der Waals surface area contributed by atoms with Gasteiger partial charge in [0.25, 0.3) is 10.0 Å². The average molecular weight is 642 g/mol. The predicted molar refractivity (Wildman–Crippen MR) is 182 cm³/mol. The first-order valence-electron chi connectivity index (χ1n) is 15.4. The number of carbonyl (C=O) groups excluding carboxylic acids is 2. The molecule has 0 saturated carbocycles. The van der Waals surface area contributed by atoms with E-state index in [2.05, 4.69) is 5.32 Å². The van der Waals surface area contributed by atoms with E-state index in [0.717, 1.165) is 26.6 Å². The molecule has 0 aliphatic rings. The van der Waals surface area contributed by atoms with Gasteiger partial charge in [-0.1, -0.05) is 80.6 Å². The standard InChI is InChI=1S/C37H43N3O5S/c1-27(2)24-38-37(42)35(23-30-13-8-6-9-14-30)39(25-31-15-12-16-33(22-31)45-5)36(41)26-40(32-20-28(3)19-29(4)21-32)46(43,44)34-17-10-7-11-18-34/h6-22,27,35H,23-26H2,1-5H3,(H,38,42)/t35-/m0/s1. The summed E-state index contributed by atoms with van der Waals surface area (Å²) in [5.74, 6) is -0.0167. The molecule has 242 valence electrons. The van der Waals surface area contributed by atoms with Crippen molar-refractivity contribution >= 4 is 27.5 Å². The van der Waals surface area contributed by atoms with Gasteiger partial charge in [0.15, 0.2) is 0 Å². The Balaban J connectivity index is 1.82. The zero-order valence-corrected chi connectivity index (χ0v) is 28.0. The molecule has 4 aromatic rings. The van der Waals surface area contributed by atoms with Gasteiger partial charge in [-0.05, 0) is 78.4 Å². The lowest BCUT2D eigenvalue weighted by atomic mass is 10.0. The minimum absolute atomic E-state index is 0.0642. The fraction of sp³-hybridized carbons (Fsp3) is 0.297. The van der Waals surface area contributed by atoms with Crippen LogP contribution in [0.3, 0.4) is 0 Å². The molecule has 4 rings (SSSR count).